The van der Waals surface area contributed by atoms with E-state index in [0.29, 0.717) is 25.7 Å². The quantitative estimate of drug-likeness (QED) is 0.0222. The van der Waals surface area contributed by atoms with Crippen LogP contribution in [-0.2, 0) is 65.4 Å². The Morgan fingerprint density at radius 2 is 0.396 bits per heavy atom. The van der Waals surface area contributed by atoms with E-state index in [1.165, 1.54) is 270 Å². The highest BCUT2D eigenvalue weighted by atomic mass is 31.2. The van der Waals surface area contributed by atoms with Crippen molar-refractivity contribution in [1.82, 2.24) is 0 Å². The highest BCUT2D eigenvalue weighted by Gasteiger charge is 2.30. The standard InChI is InChI=1S/C82H160O17P2/c1-5-9-13-17-20-23-26-29-32-34-36-38-39-41-43-45-48-51-54-57-61-65-69-82(87)99-78(73-93-80(85)67-63-59-55-52-49-47-44-42-40-37-35-33-30-27-24-21-18-14-10-6-2)75-97-101(90,91)95-71-76(83)70-94-100(88,89)96-74-77(72-92-79(84)66-62-58-16-12-8-4)98-81(86)68-64-60-56-53-50-46-31-28-25-22-19-15-11-7-3/h76-78,83H,5-75H2,1-4H3,(H,88,89)(H,90,91)/t76-,77+,78+/m0/s1. The van der Waals surface area contributed by atoms with Crippen LogP contribution in [0, 0.1) is 0 Å². The molecule has 101 heavy (non-hydrogen) atoms. The van der Waals surface area contributed by atoms with Gasteiger partial charge in [0, 0.05) is 25.7 Å². The molecule has 2 unspecified atom stereocenters. The minimum Gasteiger partial charge on any atom is -0.462 e. The molecule has 5 atom stereocenters. The van der Waals surface area contributed by atoms with Gasteiger partial charge in [-0.25, -0.2) is 9.13 Å². The third kappa shape index (κ3) is 76.1. The van der Waals surface area contributed by atoms with Crippen molar-refractivity contribution >= 4 is 39.5 Å². The zero-order valence-electron chi connectivity index (χ0n) is 65.9. The van der Waals surface area contributed by atoms with Crippen LogP contribution in [0.15, 0.2) is 0 Å². The highest BCUT2D eigenvalue weighted by Crippen LogP contribution is 2.45. The van der Waals surface area contributed by atoms with E-state index in [-0.39, 0.29) is 25.7 Å². The number of unbranched alkanes of at least 4 members (excludes halogenated alkanes) is 57. The molecular weight excluding hydrogens is 1320 g/mol. The first kappa shape index (κ1) is 99.1. The Hall–Kier alpha value is -1.94. The lowest BCUT2D eigenvalue weighted by Gasteiger charge is -2.21. The Morgan fingerprint density at radius 3 is 0.584 bits per heavy atom. The molecule has 3 N–H and O–H groups in total. The van der Waals surface area contributed by atoms with Crippen molar-refractivity contribution in [3.63, 3.8) is 0 Å². The van der Waals surface area contributed by atoms with Gasteiger partial charge in [0.05, 0.1) is 26.4 Å². The average molecular weight is 1480 g/mol. The zero-order chi connectivity index (χ0) is 73.9. The predicted molar refractivity (Wildman–Crippen MR) is 414 cm³/mol. The number of rotatable bonds is 83. The van der Waals surface area contributed by atoms with Gasteiger partial charge in [0.15, 0.2) is 12.2 Å². The molecule has 0 aromatic rings. The Balaban J connectivity index is 5.10. The smallest absolute Gasteiger partial charge is 0.462 e. The summed E-state index contributed by atoms with van der Waals surface area (Å²) in [4.78, 5) is 72.7. The SMILES string of the molecule is CCCCCCCCCCCCCCCCCCCCCCCCC(=O)O[C@H](COC(=O)CCCCCCCCCCCCCCCCCCCCCC)COP(=O)(O)OC[C@@H](O)COP(=O)(O)OC[C@@H](COC(=O)CCCCCCC)OC(=O)CCCCCCCCCCCCCCCC. The van der Waals surface area contributed by atoms with Gasteiger partial charge < -0.3 is 33.8 Å². The van der Waals surface area contributed by atoms with Crippen LogP contribution >= 0.6 is 15.6 Å². The van der Waals surface area contributed by atoms with Gasteiger partial charge in [-0.15, -0.1) is 0 Å². The van der Waals surface area contributed by atoms with Crippen molar-refractivity contribution < 1.29 is 80.2 Å². The summed E-state index contributed by atoms with van der Waals surface area (Å²) in [5, 5.41) is 10.6. The van der Waals surface area contributed by atoms with E-state index in [0.717, 1.165) is 96.3 Å². The van der Waals surface area contributed by atoms with Crippen LogP contribution in [-0.4, -0.2) is 96.7 Å². The maximum atomic E-state index is 13.1. The number of esters is 4. The van der Waals surface area contributed by atoms with E-state index < -0.39 is 97.5 Å². The number of carbonyl (C=O) groups excluding carboxylic acids is 4. The van der Waals surface area contributed by atoms with Gasteiger partial charge in [-0.1, -0.05) is 394 Å². The first-order chi connectivity index (χ1) is 49.2. The molecular formula is C82H160O17P2. The van der Waals surface area contributed by atoms with E-state index in [9.17, 15) is 43.2 Å². The van der Waals surface area contributed by atoms with Gasteiger partial charge in [0.1, 0.15) is 19.3 Å². The summed E-state index contributed by atoms with van der Waals surface area (Å²) in [6.07, 6.45) is 70.0. The normalized spacial score (nSPS) is 13.8. The second-order valence-corrected chi connectivity index (χ2v) is 32.4. The van der Waals surface area contributed by atoms with Crippen molar-refractivity contribution in [2.75, 3.05) is 39.6 Å². The van der Waals surface area contributed by atoms with Gasteiger partial charge in [-0.3, -0.25) is 37.3 Å². The van der Waals surface area contributed by atoms with Crippen LogP contribution in [0.2, 0.25) is 0 Å². The predicted octanol–water partition coefficient (Wildman–Crippen LogP) is 25.0. The molecule has 0 saturated heterocycles. The topological polar surface area (TPSA) is 237 Å². The summed E-state index contributed by atoms with van der Waals surface area (Å²) < 4.78 is 68.5. The number of phosphoric ester groups is 2. The number of hydrogen-bond donors (Lipinski definition) is 3. The van der Waals surface area contributed by atoms with Crippen molar-refractivity contribution in [3.05, 3.63) is 0 Å². The Labute approximate surface area is 619 Å². The minimum absolute atomic E-state index is 0.108. The lowest BCUT2D eigenvalue weighted by molar-refractivity contribution is -0.161. The van der Waals surface area contributed by atoms with Gasteiger partial charge in [-0.05, 0) is 25.7 Å². The van der Waals surface area contributed by atoms with E-state index in [1.54, 1.807) is 0 Å². The van der Waals surface area contributed by atoms with Gasteiger partial charge >= 0.3 is 39.5 Å². The molecule has 17 nitrogen and oxygen atoms in total. The minimum atomic E-state index is -4.96. The largest absolute Gasteiger partial charge is 0.472 e. The Bertz CT molecular complexity index is 1910. The van der Waals surface area contributed by atoms with Gasteiger partial charge in [0.2, 0.25) is 0 Å². The third-order valence-electron chi connectivity index (χ3n) is 19.4. The molecule has 19 heteroatoms. The summed E-state index contributed by atoms with van der Waals surface area (Å²) in [7, 11) is -9.91. The molecule has 0 aliphatic rings. The fourth-order valence-electron chi connectivity index (χ4n) is 12.8. The molecule has 0 bridgehead atoms. The van der Waals surface area contributed by atoms with Crippen LogP contribution in [0.3, 0.4) is 0 Å². The molecule has 600 valence electrons. The number of aliphatic hydroxyl groups is 1. The second kappa shape index (κ2) is 76.3. The molecule has 0 aromatic heterocycles. The van der Waals surface area contributed by atoms with Crippen molar-refractivity contribution in [1.29, 1.82) is 0 Å². The maximum Gasteiger partial charge on any atom is 0.472 e. The van der Waals surface area contributed by atoms with Crippen LogP contribution < -0.4 is 0 Å². The maximum absolute atomic E-state index is 13.1. The molecule has 0 aromatic carbocycles. The molecule has 0 radical (unpaired) electrons. The molecule has 0 saturated carbocycles. The molecule has 0 spiro atoms. The highest BCUT2D eigenvalue weighted by molar-refractivity contribution is 7.47. The molecule has 0 fully saturated rings. The van der Waals surface area contributed by atoms with Crippen molar-refractivity contribution in [2.45, 2.75) is 463 Å². The molecule has 0 rings (SSSR count). The Kier molecular flexibility index (Phi) is 74.8. The van der Waals surface area contributed by atoms with Crippen molar-refractivity contribution in [3.8, 4) is 0 Å². The number of hydrogen-bond acceptors (Lipinski definition) is 15. The number of phosphoric acid groups is 2. The molecule has 0 aliphatic carbocycles. The van der Waals surface area contributed by atoms with Gasteiger partial charge in [0.25, 0.3) is 0 Å². The van der Waals surface area contributed by atoms with Crippen LogP contribution in [0.25, 0.3) is 0 Å². The first-order valence-electron chi connectivity index (χ1n) is 42.8. The summed E-state index contributed by atoms with van der Waals surface area (Å²) in [5.41, 5.74) is 0. The summed E-state index contributed by atoms with van der Waals surface area (Å²) in [5.74, 6) is -2.12. The van der Waals surface area contributed by atoms with E-state index in [1.807, 2.05) is 0 Å². The van der Waals surface area contributed by atoms with Crippen molar-refractivity contribution in [2.24, 2.45) is 0 Å². The number of ether oxygens (including phenoxy) is 4. The second-order valence-electron chi connectivity index (χ2n) is 29.5. The first-order valence-corrected chi connectivity index (χ1v) is 45.8. The summed E-state index contributed by atoms with van der Waals surface area (Å²) in [6.45, 7) is 4.93. The van der Waals surface area contributed by atoms with Crippen LogP contribution in [0.1, 0.15) is 445 Å². The average Bonchev–Trinajstić information content (AvgIpc) is 0.928. The van der Waals surface area contributed by atoms with Crippen LogP contribution in [0.4, 0.5) is 0 Å². The lowest BCUT2D eigenvalue weighted by Crippen LogP contribution is -2.30. The van der Waals surface area contributed by atoms with E-state index in [2.05, 4.69) is 27.7 Å². The zero-order valence-corrected chi connectivity index (χ0v) is 67.7. The fourth-order valence-corrected chi connectivity index (χ4v) is 14.4. The molecule has 0 amide bonds. The van der Waals surface area contributed by atoms with E-state index >= 15 is 0 Å². The fraction of sp³-hybridized carbons (Fsp3) is 0.951. The third-order valence-corrected chi connectivity index (χ3v) is 21.3. The van der Waals surface area contributed by atoms with E-state index in [4.69, 9.17) is 37.0 Å². The summed E-state index contributed by atoms with van der Waals surface area (Å²) in [6, 6.07) is 0. The molecule has 0 heterocycles. The number of carbonyl (C=O) groups is 4. The monoisotopic (exact) mass is 1480 g/mol. The summed E-state index contributed by atoms with van der Waals surface area (Å²) >= 11 is 0. The number of aliphatic hydroxyl groups excluding tert-OH is 1. The van der Waals surface area contributed by atoms with Gasteiger partial charge in [-0.2, -0.15) is 0 Å². The van der Waals surface area contributed by atoms with Crippen LogP contribution in [0.5, 0.6) is 0 Å². The lowest BCUT2D eigenvalue weighted by atomic mass is 10.0. The molecule has 0 aliphatic heterocycles. The Morgan fingerprint density at radius 1 is 0.238 bits per heavy atom.